The van der Waals surface area contributed by atoms with E-state index in [1.807, 2.05) is 30.3 Å². The van der Waals surface area contributed by atoms with Gasteiger partial charge in [-0.25, -0.2) is 14.8 Å². The molecule has 2 amide bonds. The van der Waals surface area contributed by atoms with Crippen molar-refractivity contribution in [1.29, 1.82) is 0 Å². The topological polar surface area (TPSA) is 116 Å². The standard InChI is InChI=1S/C23H23N5O4/c1-14-22(30)28(16-8-4-3-5-9-16)27-20(25-14)21(29)26-19(23(31)32-2)12-15-13-24-18-11-7-6-10-17(15)18/h3-11,13-14,19,24H,12H2,1-2H3,(H,25,27)(H,26,29)/t14?,19-/m1/s1. The molecule has 1 aromatic heterocycles. The molecule has 3 aromatic rings. The molecule has 1 aliphatic rings. The van der Waals surface area contributed by atoms with Crippen molar-refractivity contribution >= 4 is 40.2 Å². The van der Waals surface area contributed by atoms with Gasteiger partial charge in [0, 0.05) is 23.5 Å². The van der Waals surface area contributed by atoms with E-state index >= 15 is 0 Å². The maximum Gasteiger partial charge on any atom is 0.328 e. The molecule has 1 aliphatic heterocycles. The van der Waals surface area contributed by atoms with Crippen molar-refractivity contribution in [3.8, 4) is 0 Å². The number of aromatic nitrogens is 1. The summed E-state index contributed by atoms with van der Waals surface area (Å²) in [6.07, 6.45) is 2.04. The first-order valence-electron chi connectivity index (χ1n) is 10.1. The fraction of sp³-hybridized carbons (Fsp3) is 0.217. The van der Waals surface area contributed by atoms with Crippen LogP contribution in [0.25, 0.3) is 10.9 Å². The van der Waals surface area contributed by atoms with Gasteiger partial charge in [0.2, 0.25) is 5.84 Å². The van der Waals surface area contributed by atoms with E-state index in [4.69, 9.17) is 4.74 Å². The third-order valence-corrected chi connectivity index (χ3v) is 5.24. The van der Waals surface area contributed by atoms with Crippen LogP contribution < -0.4 is 15.8 Å². The second kappa shape index (κ2) is 8.93. The van der Waals surface area contributed by atoms with Crippen LogP contribution in [0.1, 0.15) is 12.5 Å². The smallest absolute Gasteiger partial charge is 0.328 e. The lowest BCUT2D eigenvalue weighted by atomic mass is 10.0. The van der Waals surface area contributed by atoms with Crippen molar-refractivity contribution in [3.05, 3.63) is 66.4 Å². The molecule has 32 heavy (non-hydrogen) atoms. The van der Waals surface area contributed by atoms with Gasteiger partial charge in [0.25, 0.3) is 11.8 Å². The Labute approximate surface area is 184 Å². The maximum absolute atomic E-state index is 13.0. The number of H-pyrrole nitrogens is 1. The highest BCUT2D eigenvalue weighted by Crippen LogP contribution is 2.20. The highest BCUT2D eigenvalue weighted by Gasteiger charge is 2.32. The Morgan fingerprint density at radius 1 is 1.16 bits per heavy atom. The molecule has 164 valence electrons. The van der Waals surface area contributed by atoms with E-state index in [2.05, 4.69) is 20.7 Å². The van der Waals surface area contributed by atoms with Crippen LogP contribution in [0.5, 0.6) is 0 Å². The second-order valence-corrected chi connectivity index (χ2v) is 7.39. The van der Waals surface area contributed by atoms with Crippen LogP contribution in [0.2, 0.25) is 0 Å². The third kappa shape index (κ3) is 4.18. The van der Waals surface area contributed by atoms with Crippen molar-refractivity contribution in [3.63, 3.8) is 0 Å². The van der Waals surface area contributed by atoms with Crippen LogP contribution in [0.4, 0.5) is 5.69 Å². The van der Waals surface area contributed by atoms with Crippen LogP contribution in [0.3, 0.4) is 0 Å². The van der Waals surface area contributed by atoms with Gasteiger partial charge in [-0.15, -0.1) is 0 Å². The van der Waals surface area contributed by atoms with Gasteiger partial charge in [0.05, 0.1) is 12.8 Å². The van der Waals surface area contributed by atoms with Gasteiger partial charge < -0.3 is 15.0 Å². The molecule has 2 aromatic carbocycles. The third-order valence-electron chi connectivity index (χ3n) is 5.24. The van der Waals surface area contributed by atoms with Gasteiger partial charge in [0.1, 0.15) is 12.1 Å². The van der Waals surface area contributed by atoms with Crippen LogP contribution in [-0.2, 0) is 25.5 Å². The summed E-state index contributed by atoms with van der Waals surface area (Å²) in [5.41, 5.74) is 5.14. The summed E-state index contributed by atoms with van der Waals surface area (Å²) in [4.78, 5) is 45.3. The number of rotatable bonds is 6. The lowest BCUT2D eigenvalue weighted by molar-refractivity contribution is -0.144. The van der Waals surface area contributed by atoms with Gasteiger partial charge in [-0.2, -0.15) is 0 Å². The highest BCUT2D eigenvalue weighted by molar-refractivity contribution is 6.39. The number of carbonyl (C=O) groups excluding carboxylic acids is 3. The molecule has 4 rings (SSSR count). The molecule has 0 radical (unpaired) electrons. The summed E-state index contributed by atoms with van der Waals surface area (Å²) in [6.45, 7) is 1.61. The molecule has 0 saturated carbocycles. The van der Waals surface area contributed by atoms with E-state index in [0.29, 0.717) is 5.69 Å². The first kappa shape index (κ1) is 21.1. The number of nitrogens with one attached hydrogen (secondary N) is 3. The summed E-state index contributed by atoms with van der Waals surface area (Å²) in [7, 11) is 1.27. The summed E-state index contributed by atoms with van der Waals surface area (Å²) in [5, 5.41) is 4.92. The van der Waals surface area contributed by atoms with Crippen molar-refractivity contribution in [2.45, 2.75) is 25.4 Å². The second-order valence-electron chi connectivity index (χ2n) is 7.39. The number of hydrogen-bond acceptors (Lipinski definition) is 6. The van der Waals surface area contributed by atoms with Gasteiger partial charge in [-0.05, 0) is 30.7 Å². The van der Waals surface area contributed by atoms with E-state index in [1.54, 1.807) is 37.4 Å². The van der Waals surface area contributed by atoms with Crippen LogP contribution >= 0.6 is 0 Å². The first-order valence-corrected chi connectivity index (χ1v) is 10.1. The van der Waals surface area contributed by atoms with E-state index in [9.17, 15) is 14.4 Å². The summed E-state index contributed by atoms with van der Waals surface area (Å²) >= 11 is 0. The number of benzene rings is 2. The van der Waals surface area contributed by atoms with Crippen molar-refractivity contribution in [1.82, 2.24) is 15.7 Å². The first-order chi connectivity index (χ1) is 15.5. The predicted octanol–water partition coefficient (Wildman–Crippen LogP) is 1.71. The molecule has 2 heterocycles. The molecule has 1 unspecified atom stereocenters. The Balaban J connectivity index is 1.54. The molecule has 9 nitrogen and oxygen atoms in total. The molecule has 3 N–H and O–H groups in total. The minimum atomic E-state index is -0.936. The number of methoxy groups -OCH3 is 1. The van der Waals surface area contributed by atoms with Crippen LogP contribution in [-0.4, -0.2) is 47.8 Å². The molecule has 0 fully saturated rings. The summed E-state index contributed by atoms with van der Waals surface area (Å²) in [6, 6.07) is 14.9. The number of anilines is 1. The van der Waals surface area contributed by atoms with Gasteiger partial charge in [0.15, 0.2) is 0 Å². The zero-order chi connectivity index (χ0) is 22.7. The molecule has 0 spiro atoms. The predicted molar refractivity (Wildman–Crippen MR) is 120 cm³/mol. The lowest BCUT2D eigenvalue weighted by Crippen LogP contribution is -2.59. The number of esters is 1. The molecule has 0 saturated heterocycles. The maximum atomic E-state index is 13.0. The number of nitrogens with zero attached hydrogens (tertiary/aromatic N) is 2. The Kier molecular flexibility index (Phi) is 5.89. The highest BCUT2D eigenvalue weighted by atomic mass is 16.5. The molecule has 0 bridgehead atoms. The van der Waals surface area contributed by atoms with Gasteiger partial charge in [-0.1, -0.05) is 36.4 Å². The van der Waals surface area contributed by atoms with E-state index in [1.165, 1.54) is 12.1 Å². The number of ether oxygens (including phenoxy) is 1. The van der Waals surface area contributed by atoms with E-state index < -0.39 is 24.0 Å². The van der Waals surface area contributed by atoms with Crippen molar-refractivity contribution < 1.29 is 19.1 Å². The number of aromatic amines is 1. The van der Waals surface area contributed by atoms with Crippen LogP contribution in [0.15, 0.2) is 65.8 Å². The molecular weight excluding hydrogens is 410 g/mol. The Hall–Kier alpha value is -4.14. The summed E-state index contributed by atoms with van der Waals surface area (Å²) in [5.74, 6) is -1.55. The fourth-order valence-electron chi connectivity index (χ4n) is 3.59. The van der Waals surface area contributed by atoms with Gasteiger partial charge >= 0.3 is 5.97 Å². The number of carbonyl (C=O) groups is 3. The molecular formula is C23H23N5O4. The SMILES string of the molecule is COC(=O)[C@@H](Cc1c[nH]c2ccccc12)NC(=O)C1=NC(C)C(=O)N(c2ccccc2)N1. The Bertz CT molecular complexity index is 1190. The lowest BCUT2D eigenvalue weighted by Gasteiger charge is -2.31. The monoisotopic (exact) mass is 433 g/mol. The minimum absolute atomic E-state index is 0.0613. The number of hydrogen-bond donors (Lipinski definition) is 3. The van der Waals surface area contributed by atoms with Crippen LogP contribution in [0, 0.1) is 0 Å². The van der Waals surface area contributed by atoms with E-state index in [0.717, 1.165) is 16.5 Å². The van der Waals surface area contributed by atoms with Gasteiger partial charge in [-0.3, -0.25) is 15.0 Å². The number of amidine groups is 1. The zero-order valence-electron chi connectivity index (χ0n) is 17.7. The Morgan fingerprint density at radius 2 is 1.88 bits per heavy atom. The number of aliphatic imine (C=N–C) groups is 1. The number of para-hydroxylation sites is 2. The molecule has 2 atom stereocenters. The quantitative estimate of drug-likeness (QED) is 0.512. The Morgan fingerprint density at radius 3 is 2.62 bits per heavy atom. The average Bonchev–Trinajstić information content (AvgIpc) is 3.23. The van der Waals surface area contributed by atoms with Crippen molar-refractivity contribution in [2.75, 3.05) is 12.1 Å². The van der Waals surface area contributed by atoms with Crippen molar-refractivity contribution in [2.24, 2.45) is 4.99 Å². The normalized spacial score (nSPS) is 16.8. The zero-order valence-corrected chi connectivity index (χ0v) is 17.7. The largest absolute Gasteiger partial charge is 0.467 e. The summed E-state index contributed by atoms with van der Waals surface area (Å²) < 4.78 is 4.90. The number of hydrazine groups is 1. The minimum Gasteiger partial charge on any atom is -0.467 e. The average molecular weight is 433 g/mol. The molecule has 9 heteroatoms. The number of fused-ring (bicyclic) bond motifs is 1. The number of amides is 2. The molecule has 0 aliphatic carbocycles. The van der Waals surface area contributed by atoms with E-state index in [-0.39, 0.29) is 18.2 Å². The fourth-order valence-corrected chi connectivity index (χ4v) is 3.59.